The molecule has 1 atom stereocenters. The molecule has 11 heteroatoms. The molecule has 0 radical (unpaired) electrons. The number of thioether (sulfide) groups is 1. The van der Waals surface area contributed by atoms with E-state index < -0.39 is 22.9 Å². The summed E-state index contributed by atoms with van der Waals surface area (Å²) in [5.74, 6) is -1.94. The molecule has 0 spiro atoms. The largest absolute Gasteiger partial charge is 0.497 e. The predicted octanol–water partition coefficient (Wildman–Crippen LogP) is 6.32. The highest BCUT2D eigenvalue weighted by Gasteiger charge is 2.40. The molecule has 0 saturated carbocycles. The normalized spacial score (nSPS) is 14.8. The van der Waals surface area contributed by atoms with Crippen molar-refractivity contribution >= 4 is 64.4 Å². The van der Waals surface area contributed by atoms with Crippen LogP contribution in [0, 0.1) is 5.82 Å². The number of carbonyl (C=O) groups excluding carboxylic acids is 4. The number of amides is 4. The van der Waals surface area contributed by atoms with E-state index in [-0.39, 0.29) is 34.5 Å². The summed E-state index contributed by atoms with van der Waals surface area (Å²) in [5, 5.41) is 4.70. The number of anilines is 2. The third-order valence-electron chi connectivity index (χ3n) is 6.64. The molecule has 0 aliphatic carbocycles. The van der Waals surface area contributed by atoms with Gasteiger partial charge in [0.2, 0.25) is 11.8 Å². The lowest BCUT2D eigenvalue weighted by molar-refractivity contribution is -0.121. The van der Waals surface area contributed by atoms with Crippen molar-refractivity contribution in [3.05, 3.63) is 125 Å². The molecule has 0 bridgehead atoms. The second kappa shape index (κ2) is 13.6. The summed E-state index contributed by atoms with van der Waals surface area (Å²) < 4.78 is 19.7. The van der Waals surface area contributed by atoms with E-state index in [1.54, 1.807) is 78.9 Å². The van der Waals surface area contributed by atoms with Gasteiger partial charge in [0.1, 0.15) is 17.3 Å². The summed E-state index contributed by atoms with van der Waals surface area (Å²) in [7, 11) is 1.53. The minimum absolute atomic E-state index is 0.0435. The van der Waals surface area contributed by atoms with Crippen molar-refractivity contribution in [1.29, 1.82) is 0 Å². The lowest BCUT2D eigenvalue weighted by Gasteiger charge is -2.15. The standard InChI is InChI=1S/C33H25ClFN3O5S/c1-43-23-14-12-22(13-15-23)38-30(39)19-29(33(38)42)44-24-16-10-21(11-17-24)36-32(41)28(18-25-26(34)8-5-9-27(25)35)37-31(40)20-6-3-2-4-7-20/h2-18,29H,19H2,1H3,(H,36,41)(H,37,40)/b28-18-. The van der Waals surface area contributed by atoms with Gasteiger partial charge in [0, 0.05) is 28.1 Å². The maximum absolute atomic E-state index is 14.5. The molecular formula is C33H25ClFN3O5S. The van der Waals surface area contributed by atoms with E-state index in [1.807, 2.05) is 0 Å². The Morgan fingerprint density at radius 2 is 1.66 bits per heavy atom. The van der Waals surface area contributed by atoms with E-state index in [4.69, 9.17) is 16.3 Å². The van der Waals surface area contributed by atoms with Crippen molar-refractivity contribution in [2.24, 2.45) is 0 Å². The number of hydrogen-bond acceptors (Lipinski definition) is 6. The molecule has 1 aliphatic heterocycles. The monoisotopic (exact) mass is 629 g/mol. The topological polar surface area (TPSA) is 105 Å². The van der Waals surface area contributed by atoms with E-state index in [0.29, 0.717) is 27.6 Å². The molecule has 2 N–H and O–H groups in total. The van der Waals surface area contributed by atoms with Crippen LogP contribution < -0.4 is 20.3 Å². The maximum Gasteiger partial charge on any atom is 0.272 e. The molecule has 1 saturated heterocycles. The number of carbonyl (C=O) groups is 4. The first-order valence-electron chi connectivity index (χ1n) is 13.3. The Labute approximate surface area is 261 Å². The second-order valence-electron chi connectivity index (χ2n) is 9.57. The first-order chi connectivity index (χ1) is 21.2. The lowest BCUT2D eigenvalue weighted by atomic mass is 10.1. The van der Waals surface area contributed by atoms with E-state index in [1.165, 1.54) is 48.0 Å². The highest BCUT2D eigenvalue weighted by Crippen LogP contribution is 2.35. The third kappa shape index (κ3) is 6.99. The van der Waals surface area contributed by atoms with E-state index in [9.17, 15) is 23.6 Å². The SMILES string of the molecule is COc1ccc(N2C(=O)CC(Sc3ccc(NC(=O)/C(=C/c4c(F)cccc4Cl)NC(=O)c4ccccc4)cc3)C2=O)cc1. The Kier molecular flexibility index (Phi) is 9.42. The average molecular weight is 630 g/mol. The van der Waals surface area contributed by atoms with Crippen LogP contribution in [0.15, 0.2) is 108 Å². The number of rotatable bonds is 9. The number of hydrogen-bond donors (Lipinski definition) is 2. The molecule has 222 valence electrons. The van der Waals surface area contributed by atoms with Gasteiger partial charge in [-0.2, -0.15) is 0 Å². The van der Waals surface area contributed by atoms with Gasteiger partial charge in [0.15, 0.2) is 0 Å². The Bertz CT molecular complexity index is 1730. The molecule has 1 unspecified atom stereocenters. The Hall–Kier alpha value is -4.93. The van der Waals surface area contributed by atoms with Crippen LogP contribution in [0.3, 0.4) is 0 Å². The van der Waals surface area contributed by atoms with Crippen LogP contribution in [0.25, 0.3) is 6.08 Å². The number of halogens is 2. The van der Waals surface area contributed by atoms with Crippen LogP contribution in [-0.4, -0.2) is 36.0 Å². The van der Waals surface area contributed by atoms with Crippen LogP contribution in [0.5, 0.6) is 5.75 Å². The predicted molar refractivity (Wildman–Crippen MR) is 168 cm³/mol. The van der Waals surface area contributed by atoms with Gasteiger partial charge >= 0.3 is 0 Å². The van der Waals surface area contributed by atoms with Crippen molar-refractivity contribution in [3.63, 3.8) is 0 Å². The second-order valence-corrected chi connectivity index (χ2v) is 11.3. The highest BCUT2D eigenvalue weighted by molar-refractivity contribution is 8.00. The summed E-state index contributed by atoms with van der Waals surface area (Å²) in [4.78, 5) is 53.8. The fourth-order valence-electron chi connectivity index (χ4n) is 4.41. The van der Waals surface area contributed by atoms with Crippen molar-refractivity contribution in [1.82, 2.24) is 5.32 Å². The molecule has 44 heavy (non-hydrogen) atoms. The Balaban J connectivity index is 1.29. The van der Waals surface area contributed by atoms with Gasteiger partial charge in [0.05, 0.1) is 23.1 Å². The molecule has 4 amide bonds. The van der Waals surface area contributed by atoms with Crippen LogP contribution in [0.4, 0.5) is 15.8 Å². The lowest BCUT2D eigenvalue weighted by Crippen LogP contribution is -2.31. The van der Waals surface area contributed by atoms with Gasteiger partial charge in [-0.05, 0) is 78.9 Å². The third-order valence-corrected chi connectivity index (χ3v) is 8.17. The quantitative estimate of drug-likeness (QED) is 0.166. The van der Waals surface area contributed by atoms with Crippen molar-refractivity contribution < 1.29 is 28.3 Å². The van der Waals surface area contributed by atoms with E-state index in [2.05, 4.69) is 10.6 Å². The van der Waals surface area contributed by atoms with Gasteiger partial charge in [-0.25, -0.2) is 9.29 Å². The zero-order valence-corrected chi connectivity index (χ0v) is 24.8. The Morgan fingerprint density at radius 1 is 0.955 bits per heavy atom. The molecule has 1 aliphatic rings. The number of methoxy groups -OCH3 is 1. The summed E-state index contributed by atoms with van der Waals surface area (Å²) in [6.45, 7) is 0. The van der Waals surface area contributed by atoms with Gasteiger partial charge in [-0.3, -0.25) is 19.2 Å². The minimum Gasteiger partial charge on any atom is -0.497 e. The number of benzene rings is 4. The Morgan fingerprint density at radius 3 is 2.32 bits per heavy atom. The van der Waals surface area contributed by atoms with Crippen molar-refractivity contribution in [3.8, 4) is 5.75 Å². The summed E-state index contributed by atoms with van der Waals surface area (Å²) in [5.41, 5.74) is 0.879. The van der Waals surface area contributed by atoms with Crippen LogP contribution in [-0.2, 0) is 14.4 Å². The van der Waals surface area contributed by atoms with Crippen LogP contribution >= 0.6 is 23.4 Å². The van der Waals surface area contributed by atoms with Crippen molar-refractivity contribution in [2.45, 2.75) is 16.6 Å². The van der Waals surface area contributed by atoms with E-state index in [0.717, 1.165) is 0 Å². The summed E-state index contributed by atoms with van der Waals surface area (Å²) in [6, 6.07) is 25.7. The zero-order chi connectivity index (χ0) is 31.2. The number of nitrogens with one attached hydrogen (secondary N) is 2. The molecule has 0 aromatic heterocycles. The first-order valence-corrected chi connectivity index (χ1v) is 14.6. The fourth-order valence-corrected chi connectivity index (χ4v) is 5.69. The minimum atomic E-state index is -0.708. The van der Waals surface area contributed by atoms with Gasteiger partial charge in [-0.15, -0.1) is 11.8 Å². The summed E-state index contributed by atoms with van der Waals surface area (Å²) in [6.07, 6.45) is 1.22. The van der Waals surface area contributed by atoms with Gasteiger partial charge < -0.3 is 15.4 Å². The summed E-state index contributed by atoms with van der Waals surface area (Å²) >= 11 is 7.41. The fraction of sp³-hybridized carbons (Fsp3) is 0.0909. The zero-order valence-electron chi connectivity index (χ0n) is 23.3. The van der Waals surface area contributed by atoms with Crippen molar-refractivity contribution in [2.75, 3.05) is 17.3 Å². The smallest absolute Gasteiger partial charge is 0.272 e. The molecule has 5 rings (SSSR count). The van der Waals surface area contributed by atoms with Gasteiger partial charge in [-0.1, -0.05) is 35.9 Å². The van der Waals surface area contributed by atoms with Crippen LogP contribution in [0.1, 0.15) is 22.3 Å². The average Bonchev–Trinajstić information content (AvgIpc) is 3.31. The molecule has 8 nitrogen and oxygen atoms in total. The van der Waals surface area contributed by atoms with Gasteiger partial charge in [0.25, 0.3) is 11.8 Å². The number of nitrogens with zero attached hydrogens (tertiary/aromatic N) is 1. The molecule has 4 aromatic rings. The van der Waals surface area contributed by atoms with E-state index >= 15 is 0 Å². The van der Waals surface area contributed by atoms with Crippen LogP contribution in [0.2, 0.25) is 5.02 Å². The molecule has 1 fully saturated rings. The molecule has 4 aromatic carbocycles. The number of imide groups is 1. The molecule has 1 heterocycles. The highest BCUT2D eigenvalue weighted by atomic mass is 35.5. The first kappa shape index (κ1) is 30.5. The maximum atomic E-state index is 14.5. The molecular weight excluding hydrogens is 605 g/mol. The number of ether oxygens (including phenoxy) is 1.